The van der Waals surface area contributed by atoms with Crippen LogP contribution in [0, 0.1) is 12.7 Å². The van der Waals surface area contributed by atoms with Gasteiger partial charge in [-0.3, -0.25) is 0 Å². The molecule has 2 heteroatoms. The van der Waals surface area contributed by atoms with Gasteiger partial charge in [0.25, 0.3) is 0 Å². The number of aryl methyl sites for hydroxylation is 1. The highest BCUT2D eigenvalue weighted by Gasteiger charge is 2.18. The number of benzene rings is 1. The fourth-order valence-electron chi connectivity index (χ4n) is 1.86. The van der Waals surface area contributed by atoms with Crippen molar-refractivity contribution in [2.24, 2.45) is 0 Å². The summed E-state index contributed by atoms with van der Waals surface area (Å²) >= 11 is 0. The van der Waals surface area contributed by atoms with E-state index in [0.29, 0.717) is 0 Å². The van der Waals surface area contributed by atoms with Gasteiger partial charge in [0.05, 0.1) is 0 Å². The summed E-state index contributed by atoms with van der Waals surface area (Å²) in [4.78, 5) is 0. The van der Waals surface area contributed by atoms with Gasteiger partial charge in [0.2, 0.25) is 0 Å². The van der Waals surface area contributed by atoms with Crippen molar-refractivity contribution in [3.05, 3.63) is 35.1 Å². The van der Waals surface area contributed by atoms with E-state index in [1.54, 1.807) is 6.07 Å². The van der Waals surface area contributed by atoms with Crippen LogP contribution in [0.25, 0.3) is 0 Å². The molecule has 0 bridgehead atoms. The smallest absolute Gasteiger partial charge is 0.128 e. The van der Waals surface area contributed by atoms with E-state index in [-0.39, 0.29) is 11.9 Å². The zero-order valence-electron chi connectivity index (χ0n) is 7.81. The monoisotopic (exact) mass is 179 g/mol. The summed E-state index contributed by atoms with van der Waals surface area (Å²) in [6, 6.07) is 5.71. The Morgan fingerprint density at radius 2 is 2.31 bits per heavy atom. The quantitative estimate of drug-likeness (QED) is 0.698. The number of hydrogen-bond acceptors (Lipinski definition) is 1. The zero-order valence-corrected chi connectivity index (χ0v) is 7.81. The van der Waals surface area contributed by atoms with Crippen LogP contribution in [-0.4, -0.2) is 6.54 Å². The molecule has 1 aliphatic heterocycles. The van der Waals surface area contributed by atoms with E-state index in [9.17, 15) is 4.39 Å². The minimum Gasteiger partial charge on any atom is -0.310 e. The van der Waals surface area contributed by atoms with Crippen LogP contribution in [0.3, 0.4) is 0 Å². The minimum atomic E-state index is -0.0700. The lowest BCUT2D eigenvalue weighted by atomic mass is 10.0. The number of nitrogens with one attached hydrogen (secondary N) is 1. The first-order valence-corrected chi connectivity index (χ1v) is 4.77. The van der Waals surface area contributed by atoms with Crippen LogP contribution < -0.4 is 5.32 Å². The van der Waals surface area contributed by atoms with Crippen LogP contribution in [0.15, 0.2) is 18.2 Å². The molecular weight excluding hydrogens is 165 g/mol. The number of hydrogen-bond donors (Lipinski definition) is 1. The molecule has 1 aromatic carbocycles. The Morgan fingerprint density at radius 3 is 2.92 bits per heavy atom. The summed E-state index contributed by atoms with van der Waals surface area (Å²) in [7, 11) is 0. The van der Waals surface area contributed by atoms with Gasteiger partial charge in [-0.2, -0.15) is 0 Å². The van der Waals surface area contributed by atoms with Crippen molar-refractivity contribution in [1.29, 1.82) is 0 Å². The van der Waals surface area contributed by atoms with E-state index < -0.39 is 0 Å². The highest BCUT2D eigenvalue weighted by molar-refractivity contribution is 5.26. The summed E-state index contributed by atoms with van der Waals surface area (Å²) in [6.45, 7) is 2.92. The second-order valence-corrected chi connectivity index (χ2v) is 3.67. The molecule has 0 spiro atoms. The lowest BCUT2D eigenvalue weighted by Crippen LogP contribution is -2.14. The van der Waals surface area contributed by atoms with Gasteiger partial charge in [0.1, 0.15) is 5.82 Å². The zero-order chi connectivity index (χ0) is 9.26. The number of rotatable bonds is 1. The second-order valence-electron chi connectivity index (χ2n) is 3.67. The third-order valence-electron chi connectivity index (χ3n) is 2.59. The van der Waals surface area contributed by atoms with E-state index in [0.717, 1.165) is 30.5 Å². The predicted molar refractivity (Wildman–Crippen MR) is 51.1 cm³/mol. The molecule has 0 unspecified atom stereocenters. The minimum absolute atomic E-state index is 0.0700. The molecule has 13 heavy (non-hydrogen) atoms. The third kappa shape index (κ3) is 1.73. The Morgan fingerprint density at radius 1 is 1.46 bits per heavy atom. The van der Waals surface area contributed by atoms with Crippen LogP contribution in [0.2, 0.25) is 0 Å². The van der Waals surface area contributed by atoms with Crippen LogP contribution in [0.1, 0.15) is 30.0 Å². The first-order valence-electron chi connectivity index (χ1n) is 4.77. The molecule has 70 valence electrons. The van der Waals surface area contributed by atoms with Gasteiger partial charge in [-0.15, -0.1) is 0 Å². The second kappa shape index (κ2) is 3.46. The van der Waals surface area contributed by atoms with E-state index in [2.05, 4.69) is 5.32 Å². The molecule has 0 aromatic heterocycles. The molecule has 1 N–H and O–H groups in total. The van der Waals surface area contributed by atoms with Crippen molar-refractivity contribution in [2.45, 2.75) is 25.8 Å². The van der Waals surface area contributed by atoms with Gasteiger partial charge >= 0.3 is 0 Å². The summed E-state index contributed by atoms with van der Waals surface area (Å²) in [5.74, 6) is -0.0700. The summed E-state index contributed by atoms with van der Waals surface area (Å²) in [6.07, 6.45) is 2.21. The fraction of sp³-hybridized carbons (Fsp3) is 0.455. The molecule has 0 aliphatic carbocycles. The largest absolute Gasteiger partial charge is 0.310 e. The topological polar surface area (TPSA) is 12.0 Å². The predicted octanol–water partition coefficient (Wildman–Crippen LogP) is 2.56. The Hall–Kier alpha value is -0.890. The Labute approximate surface area is 78.0 Å². The molecule has 1 aliphatic rings. The first-order chi connectivity index (χ1) is 6.27. The van der Waals surface area contributed by atoms with Crippen LogP contribution in [0.5, 0.6) is 0 Å². The summed E-state index contributed by atoms with van der Waals surface area (Å²) in [5, 5.41) is 3.29. The van der Waals surface area contributed by atoms with Gasteiger partial charge in [0.15, 0.2) is 0 Å². The van der Waals surface area contributed by atoms with Crippen molar-refractivity contribution in [2.75, 3.05) is 6.54 Å². The van der Waals surface area contributed by atoms with Crippen molar-refractivity contribution in [3.63, 3.8) is 0 Å². The van der Waals surface area contributed by atoms with Crippen molar-refractivity contribution < 1.29 is 4.39 Å². The van der Waals surface area contributed by atoms with Crippen LogP contribution in [0.4, 0.5) is 4.39 Å². The van der Waals surface area contributed by atoms with Crippen LogP contribution in [-0.2, 0) is 0 Å². The van der Waals surface area contributed by atoms with Crippen molar-refractivity contribution in [3.8, 4) is 0 Å². The van der Waals surface area contributed by atoms with Crippen molar-refractivity contribution in [1.82, 2.24) is 5.32 Å². The van der Waals surface area contributed by atoms with Gasteiger partial charge in [-0.1, -0.05) is 12.1 Å². The van der Waals surface area contributed by atoms with E-state index in [4.69, 9.17) is 0 Å². The van der Waals surface area contributed by atoms with Gasteiger partial charge < -0.3 is 5.32 Å². The Balaban J connectivity index is 2.29. The maximum atomic E-state index is 13.5. The molecule has 1 atom stereocenters. The van der Waals surface area contributed by atoms with Crippen molar-refractivity contribution >= 4 is 0 Å². The molecule has 1 aromatic rings. The van der Waals surface area contributed by atoms with Gasteiger partial charge in [-0.05, 0) is 37.9 Å². The molecule has 2 rings (SSSR count). The average molecular weight is 179 g/mol. The van der Waals surface area contributed by atoms with E-state index in [1.807, 2.05) is 19.1 Å². The van der Waals surface area contributed by atoms with E-state index >= 15 is 0 Å². The van der Waals surface area contributed by atoms with Crippen LogP contribution >= 0.6 is 0 Å². The standard InChI is InChI=1S/C11H14FN/c1-8-4-5-9(10(12)7-8)11-3-2-6-13-11/h4-5,7,11,13H,2-3,6H2,1H3/t11-/m1/s1. The summed E-state index contributed by atoms with van der Waals surface area (Å²) in [5.41, 5.74) is 1.81. The fourth-order valence-corrected chi connectivity index (χ4v) is 1.86. The molecular formula is C11H14FN. The van der Waals surface area contributed by atoms with Gasteiger partial charge in [0, 0.05) is 11.6 Å². The number of halogens is 1. The average Bonchev–Trinajstić information content (AvgIpc) is 2.56. The molecule has 1 saturated heterocycles. The molecule has 0 saturated carbocycles. The maximum Gasteiger partial charge on any atom is 0.128 e. The molecule has 0 amide bonds. The highest BCUT2D eigenvalue weighted by Crippen LogP contribution is 2.25. The summed E-state index contributed by atoms with van der Waals surface area (Å²) < 4.78 is 13.5. The lowest BCUT2D eigenvalue weighted by Gasteiger charge is -2.11. The molecule has 1 fully saturated rings. The van der Waals surface area contributed by atoms with E-state index in [1.165, 1.54) is 0 Å². The Kier molecular flexibility index (Phi) is 2.32. The van der Waals surface area contributed by atoms with Gasteiger partial charge in [-0.25, -0.2) is 4.39 Å². The normalized spacial score (nSPS) is 22.2. The Bertz CT molecular complexity index is 303. The maximum absolute atomic E-state index is 13.5. The lowest BCUT2D eigenvalue weighted by molar-refractivity contribution is 0.558. The first kappa shape index (κ1) is 8.70. The SMILES string of the molecule is Cc1ccc([C@H]2CCCN2)c(F)c1. The molecule has 0 radical (unpaired) electrons. The highest BCUT2D eigenvalue weighted by atomic mass is 19.1. The molecule has 1 nitrogen and oxygen atoms in total. The third-order valence-corrected chi connectivity index (χ3v) is 2.59. The molecule has 1 heterocycles.